The minimum Gasteiger partial charge on any atom is -0.478 e. The number of hydrogen-bond acceptors (Lipinski definition) is 4. The van der Waals surface area contributed by atoms with E-state index in [1.165, 1.54) is 24.3 Å². The molecule has 20 heavy (non-hydrogen) atoms. The van der Waals surface area contributed by atoms with Gasteiger partial charge in [-0.2, -0.15) is 0 Å². The van der Waals surface area contributed by atoms with Crippen molar-refractivity contribution in [1.82, 2.24) is 5.32 Å². The van der Waals surface area contributed by atoms with Crippen LogP contribution in [0.4, 0.5) is 10.5 Å². The average molecular weight is 282 g/mol. The summed E-state index contributed by atoms with van der Waals surface area (Å²) in [5.74, 6) is -1.01. The van der Waals surface area contributed by atoms with E-state index < -0.39 is 5.97 Å². The molecule has 0 aliphatic carbocycles. The second kappa shape index (κ2) is 8.89. The Bertz CT molecular complexity index is 433. The maximum Gasteiger partial charge on any atom is 0.335 e. The molecule has 0 spiro atoms. The lowest BCUT2D eigenvalue weighted by Gasteiger charge is -2.08. The number of anilines is 1. The Hall–Kier alpha value is -2.12. The van der Waals surface area contributed by atoms with Gasteiger partial charge < -0.3 is 25.2 Å². The SMILES string of the molecule is COCCOCCNC(=O)Nc1ccc(C(=O)O)cc1. The third-order valence-electron chi connectivity index (χ3n) is 2.35. The number of rotatable bonds is 8. The standard InChI is InChI=1S/C13H18N2O5/c1-19-8-9-20-7-6-14-13(18)15-11-4-2-10(3-5-11)12(16)17/h2-5H,6-9H2,1H3,(H,16,17)(H2,14,15,18). The van der Waals surface area contributed by atoms with E-state index in [1.54, 1.807) is 7.11 Å². The first-order valence-corrected chi connectivity index (χ1v) is 6.08. The summed E-state index contributed by atoms with van der Waals surface area (Å²) in [6.07, 6.45) is 0. The van der Waals surface area contributed by atoms with Gasteiger partial charge in [0.15, 0.2) is 0 Å². The van der Waals surface area contributed by atoms with Crippen LogP contribution >= 0.6 is 0 Å². The van der Waals surface area contributed by atoms with Crippen LogP contribution in [0.2, 0.25) is 0 Å². The summed E-state index contributed by atoms with van der Waals surface area (Å²) in [4.78, 5) is 22.2. The molecule has 0 unspecified atom stereocenters. The van der Waals surface area contributed by atoms with Crippen LogP contribution in [0.3, 0.4) is 0 Å². The quantitative estimate of drug-likeness (QED) is 0.622. The van der Waals surface area contributed by atoms with E-state index in [9.17, 15) is 9.59 Å². The van der Waals surface area contributed by atoms with Crippen molar-refractivity contribution in [2.75, 3.05) is 38.8 Å². The van der Waals surface area contributed by atoms with Gasteiger partial charge in [0.05, 0.1) is 25.4 Å². The number of benzene rings is 1. The van der Waals surface area contributed by atoms with Crippen LogP contribution < -0.4 is 10.6 Å². The topological polar surface area (TPSA) is 96.9 Å². The molecule has 0 saturated heterocycles. The number of carbonyl (C=O) groups is 2. The highest BCUT2D eigenvalue weighted by Crippen LogP contribution is 2.09. The Morgan fingerprint density at radius 1 is 1.15 bits per heavy atom. The minimum absolute atomic E-state index is 0.169. The molecule has 0 heterocycles. The summed E-state index contributed by atoms with van der Waals surface area (Å²) in [7, 11) is 1.59. The lowest BCUT2D eigenvalue weighted by atomic mass is 10.2. The molecule has 0 fully saturated rings. The molecule has 3 N–H and O–H groups in total. The van der Waals surface area contributed by atoms with Crippen LogP contribution in [0.5, 0.6) is 0 Å². The molecule has 1 aromatic carbocycles. The van der Waals surface area contributed by atoms with Crippen molar-refractivity contribution in [3.05, 3.63) is 29.8 Å². The van der Waals surface area contributed by atoms with E-state index in [0.29, 0.717) is 32.1 Å². The number of ether oxygens (including phenoxy) is 2. The van der Waals surface area contributed by atoms with Gasteiger partial charge in [0.2, 0.25) is 0 Å². The largest absolute Gasteiger partial charge is 0.478 e. The number of hydrogen-bond donors (Lipinski definition) is 3. The van der Waals surface area contributed by atoms with Crippen molar-refractivity contribution in [3.63, 3.8) is 0 Å². The number of carboxylic acid groups (broad SMARTS) is 1. The highest BCUT2D eigenvalue weighted by atomic mass is 16.5. The molecule has 7 nitrogen and oxygen atoms in total. The smallest absolute Gasteiger partial charge is 0.335 e. The molecule has 0 radical (unpaired) electrons. The van der Waals surface area contributed by atoms with Crippen LogP contribution in [0.25, 0.3) is 0 Å². The minimum atomic E-state index is -1.01. The Kier molecular flexibility index (Phi) is 7.08. The Morgan fingerprint density at radius 3 is 2.45 bits per heavy atom. The zero-order valence-corrected chi connectivity index (χ0v) is 11.2. The van der Waals surface area contributed by atoms with E-state index in [4.69, 9.17) is 14.6 Å². The summed E-state index contributed by atoms with van der Waals surface area (Å²) in [5.41, 5.74) is 0.690. The number of urea groups is 1. The zero-order chi connectivity index (χ0) is 14.8. The van der Waals surface area contributed by atoms with Crippen LogP contribution in [0.1, 0.15) is 10.4 Å². The van der Waals surface area contributed by atoms with Gasteiger partial charge >= 0.3 is 12.0 Å². The highest BCUT2D eigenvalue weighted by Gasteiger charge is 2.04. The summed E-state index contributed by atoms with van der Waals surface area (Å²) < 4.78 is 9.99. The van der Waals surface area contributed by atoms with Crippen molar-refractivity contribution < 1.29 is 24.2 Å². The van der Waals surface area contributed by atoms with E-state index in [1.807, 2.05) is 0 Å². The first-order chi connectivity index (χ1) is 9.63. The van der Waals surface area contributed by atoms with Crippen molar-refractivity contribution in [3.8, 4) is 0 Å². The van der Waals surface area contributed by atoms with Gasteiger partial charge in [-0.15, -0.1) is 0 Å². The fourth-order valence-corrected chi connectivity index (χ4v) is 1.35. The maximum absolute atomic E-state index is 11.5. The number of nitrogens with one attached hydrogen (secondary N) is 2. The molecule has 0 aliphatic rings. The van der Waals surface area contributed by atoms with Crippen LogP contribution in [-0.4, -0.2) is 50.6 Å². The molecule has 0 saturated carbocycles. The third-order valence-corrected chi connectivity index (χ3v) is 2.35. The highest BCUT2D eigenvalue weighted by molar-refractivity contribution is 5.91. The molecule has 2 amide bonds. The molecule has 0 bridgehead atoms. The lowest BCUT2D eigenvalue weighted by molar-refractivity contribution is 0.0697. The zero-order valence-electron chi connectivity index (χ0n) is 11.2. The summed E-state index contributed by atoms with van der Waals surface area (Å²) in [5, 5.41) is 13.9. The predicted molar refractivity (Wildman–Crippen MR) is 73.1 cm³/mol. The van der Waals surface area contributed by atoms with Gasteiger partial charge in [-0.05, 0) is 24.3 Å². The van der Waals surface area contributed by atoms with E-state index in [0.717, 1.165) is 0 Å². The Labute approximate surface area is 116 Å². The summed E-state index contributed by atoms with van der Waals surface area (Å²) in [6, 6.07) is 5.52. The van der Waals surface area contributed by atoms with Gasteiger partial charge in [-0.25, -0.2) is 9.59 Å². The van der Waals surface area contributed by atoms with Crippen molar-refractivity contribution >= 4 is 17.7 Å². The van der Waals surface area contributed by atoms with E-state index in [-0.39, 0.29) is 11.6 Å². The monoisotopic (exact) mass is 282 g/mol. The molecular weight excluding hydrogens is 264 g/mol. The summed E-state index contributed by atoms with van der Waals surface area (Å²) >= 11 is 0. The van der Waals surface area contributed by atoms with Gasteiger partial charge in [-0.1, -0.05) is 0 Å². The Morgan fingerprint density at radius 2 is 1.85 bits per heavy atom. The first-order valence-electron chi connectivity index (χ1n) is 6.08. The molecule has 1 rings (SSSR count). The van der Waals surface area contributed by atoms with Gasteiger partial charge in [-0.3, -0.25) is 0 Å². The van der Waals surface area contributed by atoms with Crippen LogP contribution in [-0.2, 0) is 9.47 Å². The first kappa shape index (κ1) is 15.9. The van der Waals surface area contributed by atoms with Crippen molar-refractivity contribution in [2.45, 2.75) is 0 Å². The van der Waals surface area contributed by atoms with Gasteiger partial charge in [0, 0.05) is 19.3 Å². The summed E-state index contributed by atoms with van der Waals surface area (Å²) in [6.45, 7) is 1.77. The number of amides is 2. The van der Waals surface area contributed by atoms with Crippen molar-refractivity contribution in [1.29, 1.82) is 0 Å². The van der Waals surface area contributed by atoms with Gasteiger partial charge in [0.1, 0.15) is 0 Å². The number of methoxy groups -OCH3 is 1. The Balaban J connectivity index is 2.23. The van der Waals surface area contributed by atoms with E-state index in [2.05, 4.69) is 10.6 Å². The molecular formula is C13H18N2O5. The predicted octanol–water partition coefficient (Wildman–Crippen LogP) is 1.17. The maximum atomic E-state index is 11.5. The average Bonchev–Trinajstić information content (AvgIpc) is 2.43. The van der Waals surface area contributed by atoms with E-state index >= 15 is 0 Å². The molecule has 0 aliphatic heterocycles. The molecule has 0 aromatic heterocycles. The fourth-order valence-electron chi connectivity index (χ4n) is 1.35. The van der Waals surface area contributed by atoms with Crippen LogP contribution in [0, 0.1) is 0 Å². The number of carboxylic acids is 1. The second-order valence-electron chi connectivity index (χ2n) is 3.87. The lowest BCUT2D eigenvalue weighted by Crippen LogP contribution is -2.31. The molecule has 1 aromatic rings. The molecule has 110 valence electrons. The normalized spacial score (nSPS) is 10.1. The third kappa shape index (κ3) is 6.17. The van der Waals surface area contributed by atoms with Crippen molar-refractivity contribution in [2.24, 2.45) is 0 Å². The number of carbonyl (C=O) groups excluding carboxylic acids is 1. The molecule has 7 heteroatoms. The fraction of sp³-hybridized carbons (Fsp3) is 0.385. The molecule has 0 atom stereocenters. The van der Waals surface area contributed by atoms with Gasteiger partial charge in [0.25, 0.3) is 0 Å². The van der Waals surface area contributed by atoms with Crippen LogP contribution in [0.15, 0.2) is 24.3 Å². The number of aromatic carboxylic acids is 1. The second-order valence-corrected chi connectivity index (χ2v) is 3.87.